The summed E-state index contributed by atoms with van der Waals surface area (Å²) in [5.41, 5.74) is 4.50. The van der Waals surface area contributed by atoms with Crippen LogP contribution in [0.4, 0.5) is 0 Å². The van der Waals surface area contributed by atoms with Crippen LogP contribution < -0.4 is 0 Å². The van der Waals surface area contributed by atoms with E-state index in [1.54, 1.807) is 0 Å². The van der Waals surface area contributed by atoms with Crippen molar-refractivity contribution in [1.82, 2.24) is 0 Å². The van der Waals surface area contributed by atoms with Crippen LogP contribution in [0.3, 0.4) is 0 Å². The molecular weight excluding hydrogens is 592 g/mol. The second-order valence-electron chi connectivity index (χ2n) is 14.6. The third-order valence-electron chi connectivity index (χ3n) is 11.2. The molecule has 0 amide bonds. The van der Waals surface area contributed by atoms with Crippen molar-refractivity contribution in [2.24, 2.45) is 11.8 Å². The maximum atomic E-state index is 13.3. The summed E-state index contributed by atoms with van der Waals surface area (Å²) in [4.78, 5) is 26.4. The SMILES string of the molecule is CCCCCC1CCC(c2ccc(C(=O)OC/C(OC(=O)c3ccc(C4CCC(CCCCC)CC4)cc3)=C3/C=CC=CC3)cc2)CC1. The van der Waals surface area contributed by atoms with E-state index in [0.717, 1.165) is 17.4 Å². The number of allylic oxidation sites excluding steroid dienone is 5. The summed E-state index contributed by atoms with van der Waals surface area (Å²) in [6, 6.07) is 15.9. The van der Waals surface area contributed by atoms with E-state index < -0.39 is 11.9 Å². The van der Waals surface area contributed by atoms with Gasteiger partial charge in [-0.15, -0.1) is 0 Å². The number of ether oxygens (including phenoxy) is 2. The summed E-state index contributed by atoms with van der Waals surface area (Å²) in [5.74, 6) is 2.44. The van der Waals surface area contributed by atoms with Crippen molar-refractivity contribution in [2.75, 3.05) is 6.61 Å². The van der Waals surface area contributed by atoms with Crippen LogP contribution in [0.15, 0.2) is 84.2 Å². The fourth-order valence-electron chi connectivity index (χ4n) is 8.01. The lowest BCUT2D eigenvalue weighted by Gasteiger charge is -2.29. The van der Waals surface area contributed by atoms with E-state index >= 15 is 0 Å². The van der Waals surface area contributed by atoms with Gasteiger partial charge in [0, 0.05) is 0 Å². The van der Waals surface area contributed by atoms with Crippen molar-refractivity contribution < 1.29 is 19.1 Å². The van der Waals surface area contributed by atoms with E-state index in [2.05, 4.69) is 38.1 Å². The zero-order valence-corrected chi connectivity index (χ0v) is 29.6. The Bertz CT molecular complexity index is 1380. The zero-order valence-electron chi connectivity index (χ0n) is 29.6. The van der Waals surface area contributed by atoms with Gasteiger partial charge < -0.3 is 9.47 Å². The summed E-state index contributed by atoms with van der Waals surface area (Å²) in [7, 11) is 0. The van der Waals surface area contributed by atoms with Gasteiger partial charge in [-0.05, 0) is 122 Å². The quantitative estimate of drug-likeness (QED) is 0.109. The first-order valence-electron chi connectivity index (χ1n) is 19.2. The average molecular weight is 651 g/mol. The molecule has 2 saturated carbocycles. The van der Waals surface area contributed by atoms with E-state index in [4.69, 9.17) is 9.47 Å². The molecule has 2 fully saturated rings. The lowest BCUT2D eigenvalue weighted by atomic mass is 9.77. The van der Waals surface area contributed by atoms with Gasteiger partial charge >= 0.3 is 11.9 Å². The summed E-state index contributed by atoms with van der Waals surface area (Å²) < 4.78 is 11.7. The minimum atomic E-state index is -0.424. The summed E-state index contributed by atoms with van der Waals surface area (Å²) in [6.45, 7) is 4.45. The van der Waals surface area contributed by atoms with Gasteiger partial charge in [0.15, 0.2) is 0 Å². The molecule has 258 valence electrons. The Kier molecular flexibility index (Phi) is 14.2. The number of hydrogen-bond donors (Lipinski definition) is 0. The van der Waals surface area contributed by atoms with E-state index in [1.807, 2.05) is 48.6 Å². The van der Waals surface area contributed by atoms with E-state index in [1.165, 1.54) is 114 Å². The number of hydrogen-bond acceptors (Lipinski definition) is 4. The standard InChI is InChI=1S/C44H58O4/c1-3-5-8-12-33-16-20-35(21-17-33)37-24-28-40(29-25-37)43(45)47-32-42(39-14-10-7-11-15-39)48-44(46)41-30-26-38(27-31-41)36-22-18-34(19-23-36)13-9-6-4-2/h7,10-11,14,24-31,33-36H,3-6,8-9,12-13,15-23,32H2,1-2H3/b42-39+. The molecule has 3 aliphatic rings. The van der Waals surface area contributed by atoms with E-state index in [9.17, 15) is 9.59 Å². The van der Waals surface area contributed by atoms with Gasteiger partial charge in [0.1, 0.15) is 12.4 Å². The van der Waals surface area contributed by atoms with Gasteiger partial charge in [-0.1, -0.05) is 114 Å². The predicted octanol–water partition coefficient (Wildman–Crippen LogP) is 12.2. The summed E-state index contributed by atoms with van der Waals surface area (Å²) in [5, 5.41) is 0. The van der Waals surface area contributed by atoms with Crippen molar-refractivity contribution >= 4 is 11.9 Å². The van der Waals surface area contributed by atoms with Gasteiger partial charge in [-0.3, -0.25) is 0 Å². The first-order chi connectivity index (χ1) is 23.5. The molecule has 4 nitrogen and oxygen atoms in total. The Morgan fingerprint density at radius 2 is 1.12 bits per heavy atom. The highest BCUT2D eigenvalue weighted by Gasteiger charge is 2.24. The smallest absolute Gasteiger partial charge is 0.343 e. The average Bonchev–Trinajstić information content (AvgIpc) is 3.14. The molecule has 0 bridgehead atoms. The lowest BCUT2D eigenvalue weighted by Crippen LogP contribution is -2.16. The molecule has 0 spiro atoms. The molecule has 3 aliphatic carbocycles. The van der Waals surface area contributed by atoms with Gasteiger partial charge in [0.25, 0.3) is 0 Å². The highest BCUT2D eigenvalue weighted by atomic mass is 16.6. The number of esters is 2. The van der Waals surface area contributed by atoms with Crippen LogP contribution in [0.1, 0.15) is 167 Å². The number of rotatable bonds is 15. The number of carbonyl (C=O) groups excluding carboxylic acids is 2. The molecule has 2 aromatic carbocycles. The van der Waals surface area contributed by atoms with E-state index in [0.29, 0.717) is 35.1 Å². The molecule has 2 aromatic rings. The molecule has 48 heavy (non-hydrogen) atoms. The number of benzene rings is 2. The number of unbranched alkanes of at least 4 members (excludes halogenated alkanes) is 4. The Labute approximate surface area is 290 Å². The molecule has 0 saturated heterocycles. The molecule has 0 aliphatic heterocycles. The minimum Gasteiger partial charge on any atom is -0.454 e. The first kappa shape index (κ1) is 35.9. The second kappa shape index (κ2) is 19.0. The summed E-state index contributed by atoms with van der Waals surface area (Å²) >= 11 is 0. The molecule has 4 heteroatoms. The third-order valence-corrected chi connectivity index (χ3v) is 11.2. The van der Waals surface area contributed by atoms with Crippen LogP contribution >= 0.6 is 0 Å². The Hall–Kier alpha value is -3.40. The van der Waals surface area contributed by atoms with Gasteiger partial charge in [-0.25, -0.2) is 9.59 Å². The molecule has 0 radical (unpaired) electrons. The van der Waals surface area contributed by atoms with Crippen molar-refractivity contribution in [3.63, 3.8) is 0 Å². The molecule has 0 aromatic heterocycles. The Morgan fingerprint density at radius 1 is 0.625 bits per heavy atom. The zero-order chi connectivity index (χ0) is 33.6. The van der Waals surface area contributed by atoms with Crippen LogP contribution in [0.25, 0.3) is 0 Å². The first-order valence-corrected chi connectivity index (χ1v) is 19.2. The molecule has 0 atom stereocenters. The van der Waals surface area contributed by atoms with Crippen LogP contribution in [0.2, 0.25) is 0 Å². The van der Waals surface area contributed by atoms with Gasteiger partial charge in [0.05, 0.1) is 11.1 Å². The van der Waals surface area contributed by atoms with Crippen LogP contribution in [0, 0.1) is 11.8 Å². The Morgan fingerprint density at radius 3 is 1.58 bits per heavy atom. The maximum absolute atomic E-state index is 13.3. The third kappa shape index (κ3) is 10.5. The Balaban J connectivity index is 1.13. The lowest BCUT2D eigenvalue weighted by molar-refractivity contribution is 0.0405. The van der Waals surface area contributed by atoms with Crippen molar-refractivity contribution in [3.8, 4) is 0 Å². The molecular formula is C44H58O4. The predicted molar refractivity (Wildman–Crippen MR) is 196 cm³/mol. The van der Waals surface area contributed by atoms with Crippen LogP contribution in [-0.4, -0.2) is 18.5 Å². The van der Waals surface area contributed by atoms with Gasteiger partial charge in [0.2, 0.25) is 0 Å². The highest BCUT2D eigenvalue weighted by molar-refractivity contribution is 5.91. The van der Waals surface area contributed by atoms with Crippen LogP contribution in [-0.2, 0) is 9.47 Å². The van der Waals surface area contributed by atoms with Crippen molar-refractivity contribution in [2.45, 2.75) is 135 Å². The molecule has 0 heterocycles. The molecule has 0 N–H and O–H groups in total. The minimum absolute atomic E-state index is 0.0958. The second-order valence-corrected chi connectivity index (χ2v) is 14.6. The topological polar surface area (TPSA) is 52.6 Å². The molecule has 5 rings (SSSR count). The monoisotopic (exact) mass is 650 g/mol. The van der Waals surface area contributed by atoms with Crippen molar-refractivity contribution in [1.29, 1.82) is 0 Å². The van der Waals surface area contributed by atoms with Crippen LogP contribution in [0.5, 0.6) is 0 Å². The number of carbonyl (C=O) groups is 2. The fraction of sp³-hybridized carbons (Fsp3) is 0.545. The maximum Gasteiger partial charge on any atom is 0.343 e. The highest BCUT2D eigenvalue weighted by Crippen LogP contribution is 2.39. The van der Waals surface area contributed by atoms with Crippen molar-refractivity contribution in [3.05, 3.63) is 106 Å². The van der Waals surface area contributed by atoms with E-state index in [-0.39, 0.29) is 6.61 Å². The normalized spacial score (nSPS) is 23.5. The largest absolute Gasteiger partial charge is 0.454 e. The summed E-state index contributed by atoms with van der Waals surface area (Å²) in [6.07, 6.45) is 29.3. The van der Waals surface area contributed by atoms with Gasteiger partial charge in [-0.2, -0.15) is 0 Å². The molecule has 0 unspecified atom stereocenters. The fourth-order valence-corrected chi connectivity index (χ4v) is 8.01.